The third kappa shape index (κ3) is 1.66. The zero-order valence-corrected chi connectivity index (χ0v) is 13.5. The number of hydrogen-bond acceptors (Lipinski definition) is 1. The summed E-state index contributed by atoms with van der Waals surface area (Å²) in [7, 11) is 0. The summed E-state index contributed by atoms with van der Waals surface area (Å²) in [5.41, 5.74) is 9.87. The number of allylic oxidation sites excluding steroid dienone is 2. The van der Waals surface area contributed by atoms with Crippen molar-refractivity contribution in [3.8, 4) is 0 Å². The van der Waals surface area contributed by atoms with Gasteiger partial charge in [0.2, 0.25) is 0 Å². The second kappa shape index (κ2) is 4.42. The van der Waals surface area contributed by atoms with Crippen LogP contribution in [0.5, 0.6) is 0 Å². The van der Waals surface area contributed by atoms with E-state index in [-0.39, 0.29) is 5.41 Å². The van der Waals surface area contributed by atoms with E-state index in [4.69, 9.17) is 18.0 Å². The van der Waals surface area contributed by atoms with Gasteiger partial charge in [-0.15, -0.1) is 0 Å². The van der Waals surface area contributed by atoms with Gasteiger partial charge in [-0.25, -0.2) is 0 Å². The summed E-state index contributed by atoms with van der Waals surface area (Å²) in [6.45, 7) is 2.24. The highest BCUT2D eigenvalue weighted by Gasteiger charge is 2.67. The molecule has 4 unspecified atom stereocenters. The van der Waals surface area contributed by atoms with Crippen molar-refractivity contribution >= 4 is 17.2 Å². The van der Waals surface area contributed by atoms with Crippen LogP contribution in [0.15, 0.2) is 42.0 Å². The van der Waals surface area contributed by atoms with E-state index in [0.717, 1.165) is 11.4 Å². The molecule has 21 heavy (non-hydrogen) atoms. The van der Waals surface area contributed by atoms with Gasteiger partial charge in [0, 0.05) is 5.41 Å². The van der Waals surface area contributed by atoms with Crippen molar-refractivity contribution in [3.63, 3.8) is 0 Å². The standard InChI is InChI=1S/C19H23NS/c1-2-6-15-13-9-18(14-7-4-3-5-8-14)11-16(15)19(10-13,12-18)17(20)21/h3-8,13,16H,2,9-12H2,1H3,(H2,20,21)/b15-6-. The molecule has 4 aliphatic carbocycles. The van der Waals surface area contributed by atoms with Gasteiger partial charge in [-0.2, -0.15) is 0 Å². The molecule has 4 fully saturated rings. The minimum Gasteiger partial charge on any atom is -0.393 e. The lowest BCUT2D eigenvalue weighted by molar-refractivity contribution is 0.238. The SMILES string of the molecule is CC/C=C1/C2CC3(c4ccccc4)CC1C(C(N)=S)(C2)C3. The van der Waals surface area contributed by atoms with Gasteiger partial charge in [0.15, 0.2) is 0 Å². The molecule has 0 radical (unpaired) electrons. The first-order chi connectivity index (χ1) is 10.1. The summed E-state index contributed by atoms with van der Waals surface area (Å²) in [5.74, 6) is 1.31. The predicted molar refractivity (Wildman–Crippen MR) is 91.2 cm³/mol. The molecule has 0 aromatic heterocycles. The molecule has 4 bridgehead atoms. The number of hydrogen-bond donors (Lipinski definition) is 1. The lowest BCUT2D eigenvalue weighted by Gasteiger charge is -2.41. The van der Waals surface area contributed by atoms with Crippen LogP contribution in [-0.2, 0) is 5.41 Å². The zero-order chi connectivity index (χ0) is 14.7. The van der Waals surface area contributed by atoms with E-state index in [1.807, 2.05) is 0 Å². The summed E-state index contributed by atoms with van der Waals surface area (Å²) in [6, 6.07) is 11.1. The van der Waals surface area contributed by atoms with Gasteiger partial charge in [-0.1, -0.05) is 61.1 Å². The van der Waals surface area contributed by atoms with Crippen LogP contribution in [0, 0.1) is 17.3 Å². The molecule has 0 amide bonds. The molecular formula is C19H23NS. The number of benzene rings is 1. The lowest BCUT2D eigenvalue weighted by Crippen LogP contribution is -2.40. The Bertz CT molecular complexity index is 620. The van der Waals surface area contributed by atoms with Crippen LogP contribution in [0.3, 0.4) is 0 Å². The Morgan fingerprint density at radius 2 is 2.05 bits per heavy atom. The molecule has 4 saturated carbocycles. The van der Waals surface area contributed by atoms with Crippen molar-refractivity contribution in [2.45, 2.75) is 44.4 Å². The highest BCUT2D eigenvalue weighted by atomic mass is 32.1. The Hall–Kier alpha value is -1.15. The maximum absolute atomic E-state index is 6.26. The highest BCUT2D eigenvalue weighted by Crippen LogP contribution is 2.72. The third-order valence-corrected chi connectivity index (χ3v) is 6.76. The molecule has 0 spiro atoms. The molecule has 5 rings (SSSR count). The average Bonchev–Trinajstić information content (AvgIpc) is 2.86. The zero-order valence-electron chi connectivity index (χ0n) is 12.6. The van der Waals surface area contributed by atoms with Gasteiger partial charge in [0.1, 0.15) is 0 Å². The largest absolute Gasteiger partial charge is 0.393 e. The summed E-state index contributed by atoms with van der Waals surface area (Å²) in [6.07, 6.45) is 8.51. The molecule has 1 nitrogen and oxygen atoms in total. The molecule has 2 N–H and O–H groups in total. The Labute approximate surface area is 132 Å². The van der Waals surface area contributed by atoms with E-state index in [1.165, 1.54) is 31.2 Å². The maximum atomic E-state index is 6.26. The Morgan fingerprint density at radius 1 is 1.29 bits per heavy atom. The molecule has 0 aliphatic heterocycles. The number of thiocarbonyl (C=S) groups is 1. The van der Waals surface area contributed by atoms with E-state index >= 15 is 0 Å². The van der Waals surface area contributed by atoms with Gasteiger partial charge in [0.25, 0.3) is 0 Å². The first-order valence-corrected chi connectivity index (χ1v) is 8.57. The molecule has 4 atom stereocenters. The maximum Gasteiger partial charge on any atom is 0.0796 e. The summed E-state index contributed by atoms with van der Waals surface area (Å²) in [4.78, 5) is 0.773. The number of rotatable bonds is 3. The number of nitrogens with two attached hydrogens (primary N) is 1. The second-order valence-corrected chi connectivity index (χ2v) is 7.76. The van der Waals surface area contributed by atoms with Gasteiger partial charge in [-0.05, 0) is 54.9 Å². The molecule has 2 heteroatoms. The molecule has 0 heterocycles. The van der Waals surface area contributed by atoms with Crippen molar-refractivity contribution in [1.29, 1.82) is 0 Å². The Morgan fingerprint density at radius 3 is 2.71 bits per heavy atom. The fourth-order valence-corrected chi connectivity index (χ4v) is 6.03. The summed E-state index contributed by atoms with van der Waals surface area (Å²) < 4.78 is 0. The van der Waals surface area contributed by atoms with Gasteiger partial charge in [-0.3, -0.25) is 0 Å². The first-order valence-electron chi connectivity index (χ1n) is 8.17. The van der Waals surface area contributed by atoms with Gasteiger partial charge in [0.05, 0.1) is 4.99 Å². The van der Waals surface area contributed by atoms with E-state index in [2.05, 4.69) is 43.3 Å². The highest BCUT2D eigenvalue weighted by molar-refractivity contribution is 7.80. The molecule has 0 saturated heterocycles. The van der Waals surface area contributed by atoms with Gasteiger partial charge >= 0.3 is 0 Å². The quantitative estimate of drug-likeness (QED) is 0.662. The van der Waals surface area contributed by atoms with Crippen molar-refractivity contribution in [2.24, 2.45) is 23.0 Å². The first kappa shape index (κ1) is 13.5. The van der Waals surface area contributed by atoms with Crippen LogP contribution in [0.1, 0.15) is 44.6 Å². The fraction of sp³-hybridized carbons (Fsp3) is 0.526. The van der Waals surface area contributed by atoms with E-state index in [9.17, 15) is 0 Å². The predicted octanol–water partition coefficient (Wildman–Crippen LogP) is 4.37. The molecule has 110 valence electrons. The topological polar surface area (TPSA) is 26.0 Å². The van der Waals surface area contributed by atoms with Crippen molar-refractivity contribution in [2.75, 3.05) is 0 Å². The van der Waals surface area contributed by atoms with E-state index < -0.39 is 0 Å². The van der Waals surface area contributed by atoms with E-state index in [1.54, 1.807) is 5.57 Å². The molecule has 1 aromatic rings. The average molecular weight is 297 g/mol. The summed E-state index contributed by atoms with van der Waals surface area (Å²) >= 11 is 5.54. The van der Waals surface area contributed by atoms with Crippen LogP contribution in [0.4, 0.5) is 0 Å². The van der Waals surface area contributed by atoms with Gasteiger partial charge < -0.3 is 5.73 Å². The third-order valence-electron chi connectivity index (χ3n) is 6.35. The van der Waals surface area contributed by atoms with Crippen LogP contribution in [0.25, 0.3) is 0 Å². The van der Waals surface area contributed by atoms with E-state index in [0.29, 0.717) is 17.3 Å². The van der Waals surface area contributed by atoms with Crippen LogP contribution in [0.2, 0.25) is 0 Å². The fourth-order valence-electron chi connectivity index (χ4n) is 5.73. The molecular weight excluding hydrogens is 274 g/mol. The van der Waals surface area contributed by atoms with Crippen molar-refractivity contribution < 1.29 is 0 Å². The summed E-state index contributed by atoms with van der Waals surface area (Å²) in [5, 5.41) is 0. The van der Waals surface area contributed by atoms with Crippen molar-refractivity contribution in [3.05, 3.63) is 47.5 Å². The van der Waals surface area contributed by atoms with Crippen LogP contribution >= 0.6 is 12.2 Å². The second-order valence-electron chi connectivity index (χ2n) is 7.32. The molecule has 1 aromatic carbocycles. The van der Waals surface area contributed by atoms with Crippen molar-refractivity contribution in [1.82, 2.24) is 0 Å². The minimum atomic E-state index is 0.106. The minimum absolute atomic E-state index is 0.106. The lowest BCUT2D eigenvalue weighted by atomic mass is 9.63. The van der Waals surface area contributed by atoms with Crippen LogP contribution < -0.4 is 5.73 Å². The Kier molecular flexibility index (Phi) is 2.85. The monoisotopic (exact) mass is 297 g/mol. The normalized spacial score (nSPS) is 41.9. The smallest absolute Gasteiger partial charge is 0.0796 e. The Balaban J connectivity index is 1.82. The molecule has 4 aliphatic rings. The van der Waals surface area contributed by atoms with Crippen LogP contribution in [-0.4, -0.2) is 4.99 Å².